The number of amides is 1. The molecular formula is C13H16FNO4. The van der Waals surface area contributed by atoms with Gasteiger partial charge in [-0.15, -0.1) is 0 Å². The Hall–Kier alpha value is -2.11. The molecule has 0 aliphatic heterocycles. The quantitative estimate of drug-likeness (QED) is 0.864. The smallest absolute Gasteiger partial charge is 0.412 e. The van der Waals surface area contributed by atoms with Crippen molar-refractivity contribution in [3.63, 3.8) is 0 Å². The minimum atomic E-state index is -1.22. The van der Waals surface area contributed by atoms with Crippen LogP contribution in [0.15, 0.2) is 12.1 Å². The summed E-state index contributed by atoms with van der Waals surface area (Å²) in [6.07, 6.45) is -0.797. The van der Waals surface area contributed by atoms with Gasteiger partial charge in [0.2, 0.25) is 0 Å². The minimum absolute atomic E-state index is 0.0407. The van der Waals surface area contributed by atoms with Crippen molar-refractivity contribution in [2.24, 2.45) is 0 Å². The summed E-state index contributed by atoms with van der Waals surface area (Å²) in [5.41, 5.74) is -0.999. The molecule has 0 bridgehead atoms. The normalized spacial score (nSPS) is 11.0. The fraction of sp³-hybridized carbons (Fsp3) is 0.385. The number of carboxylic acid groups (broad SMARTS) is 1. The van der Waals surface area contributed by atoms with E-state index in [9.17, 15) is 14.0 Å². The van der Waals surface area contributed by atoms with Crippen LogP contribution in [-0.2, 0) is 4.74 Å². The van der Waals surface area contributed by atoms with Crippen LogP contribution in [0.5, 0.6) is 0 Å². The third kappa shape index (κ3) is 3.94. The first-order valence-corrected chi connectivity index (χ1v) is 5.64. The molecule has 5 nitrogen and oxygen atoms in total. The Labute approximate surface area is 110 Å². The standard InChI is InChI=1S/C13H16FNO4/c1-7-8(11(16)17)5-6-9(10(7)14)15-12(18)19-13(2,3)4/h5-6H,1-4H3,(H,15,18)(H,16,17). The van der Waals surface area contributed by atoms with Gasteiger partial charge >= 0.3 is 12.1 Å². The Balaban J connectivity index is 2.95. The lowest BCUT2D eigenvalue weighted by atomic mass is 10.1. The Bertz CT molecular complexity index is 520. The lowest BCUT2D eigenvalue weighted by Gasteiger charge is -2.20. The second-order valence-electron chi connectivity index (χ2n) is 5.03. The number of carbonyl (C=O) groups excluding carboxylic acids is 1. The number of ether oxygens (including phenoxy) is 1. The summed E-state index contributed by atoms with van der Waals surface area (Å²) >= 11 is 0. The maximum atomic E-state index is 13.9. The van der Waals surface area contributed by atoms with E-state index in [0.717, 1.165) is 0 Å². The molecule has 0 aromatic heterocycles. The van der Waals surface area contributed by atoms with Gasteiger partial charge in [0.05, 0.1) is 11.3 Å². The molecule has 0 saturated carbocycles. The van der Waals surface area contributed by atoms with Gasteiger partial charge in [-0.1, -0.05) is 0 Å². The van der Waals surface area contributed by atoms with Crippen molar-refractivity contribution in [1.29, 1.82) is 0 Å². The zero-order chi connectivity index (χ0) is 14.8. The molecule has 0 aliphatic carbocycles. The summed E-state index contributed by atoms with van der Waals surface area (Å²) in [4.78, 5) is 22.3. The molecule has 0 heterocycles. The van der Waals surface area contributed by atoms with Crippen LogP contribution in [0.25, 0.3) is 0 Å². The number of nitrogens with one attached hydrogen (secondary N) is 1. The first-order valence-electron chi connectivity index (χ1n) is 5.64. The van der Waals surface area contributed by atoms with Gasteiger partial charge in [-0.05, 0) is 39.8 Å². The Morgan fingerprint density at radius 3 is 2.37 bits per heavy atom. The average molecular weight is 269 g/mol. The number of carboxylic acids is 1. The Morgan fingerprint density at radius 1 is 1.32 bits per heavy atom. The molecule has 19 heavy (non-hydrogen) atoms. The largest absolute Gasteiger partial charge is 0.478 e. The van der Waals surface area contributed by atoms with Gasteiger partial charge in [0, 0.05) is 5.56 Å². The Morgan fingerprint density at radius 2 is 1.89 bits per heavy atom. The van der Waals surface area contributed by atoms with Gasteiger partial charge in [0.15, 0.2) is 5.82 Å². The van der Waals surface area contributed by atoms with Crippen LogP contribution < -0.4 is 5.32 Å². The van der Waals surface area contributed by atoms with Gasteiger partial charge in [-0.2, -0.15) is 0 Å². The van der Waals surface area contributed by atoms with E-state index in [4.69, 9.17) is 9.84 Å². The van der Waals surface area contributed by atoms with E-state index in [1.165, 1.54) is 19.1 Å². The molecule has 1 amide bonds. The van der Waals surface area contributed by atoms with Crippen molar-refractivity contribution in [3.05, 3.63) is 29.1 Å². The predicted octanol–water partition coefficient (Wildman–Crippen LogP) is 3.18. The SMILES string of the molecule is Cc1c(C(=O)O)ccc(NC(=O)OC(C)(C)C)c1F. The fourth-order valence-electron chi connectivity index (χ4n) is 1.43. The van der Waals surface area contributed by atoms with Crippen LogP contribution in [0.4, 0.5) is 14.9 Å². The average Bonchev–Trinajstić information content (AvgIpc) is 2.21. The highest BCUT2D eigenvalue weighted by Crippen LogP contribution is 2.22. The molecule has 6 heteroatoms. The van der Waals surface area contributed by atoms with E-state index in [1.807, 2.05) is 0 Å². The van der Waals surface area contributed by atoms with Gasteiger partial charge < -0.3 is 9.84 Å². The van der Waals surface area contributed by atoms with Crippen LogP contribution in [0.1, 0.15) is 36.7 Å². The van der Waals surface area contributed by atoms with E-state index in [2.05, 4.69) is 5.32 Å². The van der Waals surface area contributed by atoms with Crippen LogP contribution in [-0.4, -0.2) is 22.8 Å². The van der Waals surface area contributed by atoms with Gasteiger partial charge in [-0.3, -0.25) is 5.32 Å². The van der Waals surface area contributed by atoms with Gasteiger partial charge in [-0.25, -0.2) is 14.0 Å². The first-order chi connectivity index (χ1) is 8.61. The van der Waals surface area contributed by atoms with Crippen LogP contribution >= 0.6 is 0 Å². The number of aromatic carboxylic acids is 1. The lowest BCUT2D eigenvalue weighted by Crippen LogP contribution is -2.27. The predicted molar refractivity (Wildman–Crippen MR) is 68.0 cm³/mol. The summed E-state index contributed by atoms with van der Waals surface area (Å²) < 4.78 is 18.9. The topological polar surface area (TPSA) is 75.6 Å². The number of hydrogen-bond donors (Lipinski definition) is 2. The fourth-order valence-corrected chi connectivity index (χ4v) is 1.43. The second kappa shape index (κ2) is 5.26. The number of rotatable bonds is 2. The van der Waals surface area contributed by atoms with Crippen molar-refractivity contribution in [2.45, 2.75) is 33.3 Å². The summed E-state index contributed by atoms with van der Waals surface area (Å²) in [7, 11) is 0. The monoisotopic (exact) mass is 269 g/mol. The maximum absolute atomic E-state index is 13.9. The summed E-state index contributed by atoms with van der Waals surface area (Å²) in [6.45, 7) is 6.38. The molecule has 0 saturated heterocycles. The molecule has 0 fully saturated rings. The van der Waals surface area contributed by atoms with Gasteiger partial charge in [0.1, 0.15) is 5.60 Å². The molecule has 1 aromatic rings. The third-order valence-corrected chi connectivity index (χ3v) is 2.25. The summed E-state index contributed by atoms with van der Waals surface area (Å²) in [5.74, 6) is -2.01. The molecule has 0 radical (unpaired) electrons. The lowest BCUT2D eigenvalue weighted by molar-refractivity contribution is 0.0634. The number of carbonyl (C=O) groups is 2. The Kier molecular flexibility index (Phi) is 4.14. The number of halogens is 1. The van der Waals surface area contributed by atoms with Crippen LogP contribution in [0, 0.1) is 12.7 Å². The van der Waals surface area contributed by atoms with Crippen molar-refractivity contribution in [3.8, 4) is 0 Å². The number of benzene rings is 1. The molecule has 0 atom stereocenters. The molecule has 104 valence electrons. The zero-order valence-corrected chi connectivity index (χ0v) is 11.2. The molecule has 2 N–H and O–H groups in total. The number of anilines is 1. The van der Waals surface area contributed by atoms with Crippen LogP contribution in [0.3, 0.4) is 0 Å². The highest BCUT2D eigenvalue weighted by Gasteiger charge is 2.19. The van der Waals surface area contributed by atoms with Crippen molar-refractivity contribution >= 4 is 17.7 Å². The van der Waals surface area contributed by atoms with Crippen molar-refractivity contribution in [2.75, 3.05) is 5.32 Å². The molecular weight excluding hydrogens is 253 g/mol. The summed E-state index contributed by atoms with van der Waals surface area (Å²) in [5, 5.41) is 11.1. The van der Waals surface area contributed by atoms with Crippen LogP contribution in [0.2, 0.25) is 0 Å². The van der Waals surface area contributed by atoms with E-state index in [1.54, 1.807) is 20.8 Å². The van der Waals surface area contributed by atoms with E-state index in [0.29, 0.717) is 0 Å². The zero-order valence-electron chi connectivity index (χ0n) is 11.2. The van der Waals surface area contributed by atoms with Crippen molar-refractivity contribution in [1.82, 2.24) is 0 Å². The molecule has 0 aliphatic rings. The molecule has 0 spiro atoms. The summed E-state index contributed by atoms with van der Waals surface area (Å²) in [6, 6.07) is 2.42. The number of hydrogen-bond acceptors (Lipinski definition) is 3. The molecule has 0 unspecified atom stereocenters. The first kappa shape index (κ1) is 14.9. The highest BCUT2D eigenvalue weighted by atomic mass is 19.1. The third-order valence-electron chi connectivity index (χ3n) is 2.25. The van der Waals surface area contributed by atoms with E-state index >= 15 is 0 Å². The van der Waals surface area contributed by atoms with E-state index < -0.39 is 23.5 Å². The maximum Gasteiger partial charge on any atom is 0.412 e. The van der Waals surface area contributed by atoms with Crippen molar-refractivity contribution < 1.29 is 23.8 Å². The minimum Gasteiger partial charge on any atom is -0.478 e. The highest BCUT2D eigenvalue weighted by molar-refractivity contribution is 5.91. The molecule has 1 rings (SSSR count). The molecule has 1 aromatic carbocycles. The second-order valence-corrected chi connectivity index (χ2v) is 5.03. The van der Waals surface area contributed by atoms with Gasteiger partial charge in [0.25, 0.3) is 0 Å². The van der Waals surface area contributed by atoms with E-state index in [-0.39, 0.29) is 16.8 Å².